The fraction of sp³-hybridized carbons (Fsp3) is 0.200. The Morgan fingerprint density at radius 3 is 2.88 bits per heavy atom. The third-order valence-corrected chi connectivity index (χ3v) is 2.19. The standard InChI is InChI=1S/C10H10N4O2/c1-16-10(14-12-7-11-13-14)9-5-3-2-4-8(9)6-15/h2-7,10H,1H3. The third kappa shape index (κ3) is 1.82. The van der Waals surface area contributed by atoms with E-state index in [2.05, 4.69) is 15.4 Å². The summed E-state index contributed by atoms with van der Waals surface area (Å²) >= 11 is 0. The van der Waals surface area contributed by atoms with E-state index in [0.717, 1.165) is 6.29 Å². The van der Waals surface area contributed by atoms with E-state index < -0.39 is 6.23 Å². The van der Waals surface area contributed by atoms with Crippen LogP contribution in [0.15, 0.2) is 30.6 Å². The Hall–Kier alpha value is -2.08. The summed E-state index contributed by atoms with van der Waals surface area (Å²) in [5.74, 6) is 0. The topological polar surface area (TPSA) is 69.9 Å². The lowest BCUT2D eigenvalue weighted by molar-refractivity contribution is 0.0540. The SMILES string of the molecule is COC(c1ccccc1C=O)n1ncnn1. The van der Waals surface area contributed by atoms with Crippen molar-refractivity contribution in [1.29, 1.82) is 0 Å². The van der Waals surface area contributed by atoms with Crippen LogP contribution >= 0.6 is 0 Å². The molecule has 0 saturated heterocycles. The molecule has 0 bridgehead atoms. The second kappa shape index (κ2) is 4.63. The van der Waals surface area contributed by atoms with Crippen LogP contribution in [0, 0.1) is 0 Å². The average molecular weight is 218 g/mol. The number of hydrogen-bond donors (Lipinski definition) is 0. The summed E-state index contributed by atoms with van der Waals surface area (Å²) in [7, 11) is 1.52. The number of nitrogens with zero attached hydrogens (tertiary/aromatic N) is 4. The molecule has 82 valence electrons. The van der Waals surface area contributed by atoms with Gasteiger partial charge in [0.15, 0.2) is 12.6 Å². The number of methoxy groups -OCH3 is 1. The summed E-state index contributed by atoms with van der Waals surface area (Å²) in [5, 5.41) is 11.3. The third-order valence-electron chi connectivity index (χ3n) is 2.19. The van der Waals surface area contributed by atoms with Crippen LogP contribution in [0.3, 0.4) is 0 Å². The van der Waals surface area contributed by atoms with E-state index in [1.54, 1.807) is 18.2 Å². The number of carbonyl (C=O) groups is 1. The molecule has 0 amide bonds. The average Bonchev–Trinajstić information content (AvgIpc) is 2.84. The number of aromatic nitrogens is 4. The first-order chi connectivity index (χ1) is 7.86. The van der Waals surface area contributed by atoms with Gasteiger partial charge in [0, 0.05) is 18.2 Å². The number of hydrogen-bond acceptors (Lipinski definition) is 5. The summed E-state index contributed by atoms with van der Waals surface area (Å²) in [4.78, 5) is 12.2. The zero-order chi connectivity index (χ0) is 11.4. The van der Waals surface area contributed by atoms with Crippen LogP contribution in [0.1, 0.15) is 22.1 Å². The summed E-state index contributed by atoms with van der Waals surface area (Å²) in [5.41, 5.74) is 1.25. The zero-order valence-corrected chi connectivity index (χ0v) is 8.65. The summed E-state index contributed by atoms with van der Waals surface area (Å²) in [6, 6.07) is 7.12. The van der Waals surface area contributed by atoms with Gasteiger partial charge in [0.05, 0.1) is 0 Å². The van der Waals surface area contributed by atoms with Gasteiger partial charge in [-0.1, -0.05) is 24.3 Å². The molecule has 1 unspecified atom stereocenters. The lowest BCUT2D eigenvalue weighted by atomic mass is 10.1. The van der Waals surface area contributed by atoms with E-state index in [9.17, 15) is 4.79 Å². The largest absolute Gasteiger partial charge is 0.354 e. The molecule has 6 nitrogen and oxygen atoms in total. The molecule has 0 saturated carbocycles. The van der Waals surface area contributed by atoms with Gasteiger partial charge in [-0.3, -0.25) is 4.79 Å². The highest BCUT2D eigenvalue weighted by atomic mass is 16.5. The molecule has 1 aromatic heterocycles. The van der Waals surface area contributed by atoms with Crippen molar-refractivity contribution in [2.75, 3.05) is 7.11 Å². The molecule has 0 spiro atoms. The lowest BCUT2D eigenvalue weighted by Gasteiger charge is -2.15. The van der Waals surface area contributed by atoms with Gasteiger partial charge in [-0.25, -0.2) is 0 Å². The van der Waals surface area contributed by atoms with Crippen LogP contribution < -0.4 is 0 Å². The number of aldehydes is 1. The fourth-order valence-electron chi connectivity index (χ4n) is 1.47. The van der Waals surface area contributed by atoms with E-state index in [1.807, 2.05) is 6.07 Å². The van der Waals surface area contributed by atoms with E-state index in [0.29, 0.717) is 11.1 Å². The Labute approximate surface area is 91.8 Å². The normalized spacial score (nSPS) is 12.3. The van der Waals surface area contributed by atoms with Crippen LogP contribution in [0.5, 0.6) is 0 Å². The Kier molecular flexibility index (Phi) is 3.02. The maximum Gasteiger partial charge on any atom is 0.197 e. The maximum absolute atomic E-state index is 10.9. The van der Waals surface area contributed by atoms with Crippen molar-refractivity contribution in [2.45, 2.75) is 6.23 Å². The molecule has 16 heavy (non-hydrogen) atoms. The molecule has 6 heteroatoms. The van der Waals surface area contributed by atoms with E-state index in [-0.39, 0.29) is 0 Å². The second-order valence-corrected chi connectivity index (χ2v) is 3.09. The monoisotopic (exact) mass is 218 g/mol. The Bertz CT molecular complexity index is 469. The molecule has 0 radical (unpaired) electrons. The Morgan fingerprint density at radius 2 is 2.25 bits per heavy atom. The quantitative estimate of drug-likeness (QED) is 0.706. The van der Waals surface area contributed by atoms with E-state index >= 15 is 0 Å². The molecule has 0 N–H and O–H groups in total. The maximum atomic E-state index is 10.9. The summed E-state index contributed by atoms with van der Waals surface area (Å²) in [6.45, 7) is 0. The van der Waals surface area contributed by atoms with Crippen molar-refractivity contribution >= 4 is 6.29 Å². The molecule has 2 aromatic rings. The highest BCUT2D eigenvalue weighted by molar-refractivity contribution is 5.77. The first-order valence-corrected chi connectivity index (χ1v) is 4.66. The van der Waals surface area contributed by atoms with Crippen LogP contribution in [-0.2, 0) is 4.74 Å². The molecule has 0 aliphatic heterocycles. The smallest absolute Gasteiger partial charge is 0.197 e. The minimum Gasteiger partial charge on any atom is -0.354 e. The molecule has 2 rings (SSSR count). The Balaban J connectivity index is 2.44. The van der Waals surface area contributed by atoms with Crippen LogP contribution in [-0.4, -0.2) is 33.6 Å². The molecular formula is C10H10N4O2. The number of benzene rings is 1. The van der Waals surface area contributed by atoms with Gasteiger partial charge in [-0.2, -0.15) is 0 Å². The van der Waals surface area contributed by atoms with Gasteiger partial charge in [-0.15, -0.1) is 15.0 Å². The highest BCUT2D eigenvalue weighted by Gasteiger charge is 2.17. The minimum atomic E-state index is -0.538. The van der Waals surface area contributed by atoms with Gasteiger partial charge in [-0.05, 0) is 5.21 Å². The Morgan fingerprint density at radius 1 is 1.44 bits per heavy atom. The van der Waals surface area contributed by atoms with Gasteiger partial charge in [0.1, 0.15) is 6.29 Å². The van der Waals surface area contributed by atoms with Crippen molar-refractivity contribution in [1.82, 2.24) is 20.2 Å². The summed E-state index contributed by atoms with van der Waals surface area (Å²) in [6.07, 6.45) is 1.55. The molecule has 1 aromatic carbocycles. The first-order valence-electron chi connectivity index (χ1n) is 4.66. The highest BCUT2D eigenvalue weighted by Crippen LogP contribution is 2.19. The van der Waals surface area contributed by atoms with Crippen molar-refractivity contribution < 1.29 is 9.53 Å². The molecular weight excluding hydrogens is 208 g/mol. The van der Waals surface area contributed by atoms with Crippen LogP contribution in [0.25, 0.3) is 0 Å². The molecule has 1 atom stereocenters. The predicted molar refractivity (Wildman–Crippen MR) is 54.8 cm³/mol. The van der Waals surface area contributed by atoms with Crippen molar-refractivity contribution in [3.63, 3.8) is 0 Å². The van der Waals surface area contributed by atoms with Gasteiger partial charge in [0.2, 0.25) is 0 Å². The van der Waals surface area contributed by atoms with Crippen molar-refractivity contribution in [3.05, 3.63) is 41.7 Å². The van der Waals surface area contributed by atoms with Crippen molar-refractivity contribution in [2.24, 2.45) is 0 Å². The van der Waals surface area contributed by atoms with Crippen molar-refractivity contribution in [3.8, 4) is 0 Å². The molecule has 1 heterocycles. The molecule has 0 fully saturated rings. The number of carbonyl (C=O) groups excluding carboxylic acids is 1. The fourth-order valence-corrected chi connectivity index (χ4v) is 1.47. The van der Waals surface area contributed by atoms with E-state index in [1.165, 1.54) is 18.2 Å². The number of ether oxygens (including phenoxy) is 1. The second-order valence-electron chi connectivity index (χ2n) is 3.09. The first kappa shape index (κ1) is 10.4. The van der Waals surface area contributed by atoms with E-state index in [4.69, 9.17) is 4.74 Å². The summed E-state index contributed by atoms with van der Waals surface area (Å²) < 4.78 is 5.26. The van der Waals surface area contributed by atoms with Gasteiger partial charge < -0.3 is 4.74 Å². The minimum absolute atomic E-state index is 0.538. The molecule has 0 aliphatic rings. The lowest BCUT2D eigenvalue weighted by Crippen LogP contribution is -2.17. The number of tetrazole rings is 1. The predicted octanol–water partition coefficient (Wildman–Crippen LogP) is 0.679. The zero-order valence-electron chi connectivity index (χ0n) is 8.65. The van der Waals surface area contributed by atoms with Gasteiger partial charge in [0.25, 0.3) is 0 Å². The van der Waals surface area contributed by atoms with Crippen LogP contribution in [0.2, 0.25) is 0 Å². The molecule has 0 aliphatic carbocycles. The number of rotatable bonds is 4. The van der Waals surface area contributed by atoms with Gasteiger partial charge >= 0.3 is 0 Å². The van der Waals surface area contributed by atoms with Crippen LogP contribution in [0.4, 0.5) is 0 Å².